The molecule has 0 saturated carbocycles. The number of amides is 1. The van der Waals surface area contributed by atoms with Crippen molar-refractivity contribution < 1.29 is 14.7 Å². The lowest BCUT2D eigenvalue weighted by atomic mass is 10.4. The van der Waals surface area contributed by atoms with Gasteiger partial charge in [-0.1, -0.05) is 6.92 Å². The normalized spacial score (nSPS) is 12.1. The molecule has 0 heterocycles. The molecule has 0 aliphatic rings. The van der Waals surface area contributed by atoms with Gasteiger partial charge in [0.1, 0.15) is 0 Å². The number of carbonyl (C=O) groups is 2. The molecule has 0 rings (SSSR count). The van der Waals surface area contributed by atoms with Crippen LogP contribution < -0.4 is 5.32 Å². The Kier molecular flexibility index (Phi) is 8.70. The average molecular weight is 251 g/mol. The van der Waals surface area contributed by atoms with Gasteiger partial charge in [-0.2, -0.15) is 11.8 Å². The van der Waals surface area contributed by atoms with E-state index in [1.807, 2.05) is 6.92 Å². The van der Waals surface area contributed by atoms with Gasteiger partial charge in [-0.05, 0) is 12.7 Å². The summed E-state index contributed by atoms with van der Waals surface area (Å²) in [6.45, 7) is 4.02. The van der Waals surface area contributed by atoms with E-state index in [1.165, 1.54) is 0 Å². The van der Waals surface area contributed by atoms with Gasteiger partial charge in [0.05, 0.1) is 11.5 Å². The number of carbonyl (C=O) groups excluding carboxylic acids is 1. The van der Waals surface area contributed by atoms with Crippen molar-refractivity contribution in [2.24, 2.45) is 0 Å². The smallest absolute Gasteiger partial charge is 0.313 e. The van der Waals surface area contributed by atoms with Gasteiger partial charge in [0.2, 0.25) is 5.91 Å². The van der Waals surface area contributed by atoms with Crippen LogP contribution in [0.15, 0.2) is 0 Å². The summed E-state index contributed by atoms with van der Waals surface area (Å²) >= 11 is 2.89. The Labute approximate surface area is 98.6 Å². The molecule has 2 N–H and O–H groups in total. The van der Waals surface area contributed by atoms with E-state index in [1.54, 1.807) is 11.8 Å². The van der Waals surface area contributed by atoms with Gasteiger partial charge < -0.3 is 10.4 Å². The Morgan fingerprint density at radius 3 is 2.53 bits per heavy atom. The third kappa shape index (κ3) is 9.93. The first-order chi connectivity index (χ1) is 7.06. The zero-order chi connectivity index (χ0) is 11.7. The van der Waals surface area contributed by atoms with E-state index in [0.29, 0.717) is 0 Å². The van der Waals surface area contributed by atoms with Crippen LogP contribution in [0.1, 0.15) is 13.8 Å². The quantitative estimate of drug-likeness (QED) is 0.675. The minimum absolute atomic E-state index is 0.0223. The fourth-order valence-electron chi connectivity index (χ4n) is 0.884. The van der Waals surface area contributed by atoms with Crippen LogP contribution in [0.5, 0.6) is 0 Å². The molecule has 0 aromatic rings. The van der Waals surface area contributed by atoms with Gasteiger partial charge in [0.25, 0.3) is 0 Å². The third-order valence-electron chi connectivity index (χ3n) is 1.44. The third-order valence-corrected chi connectivity index (χ3v) is 3.50. The van der Waals surface area contributed by atoms with Crippen molar-refractivity contribution >= 4 is 35.4 Å². The standard InChI is InChI=1S/C9H17NO3S2/c1-3-14-4-7(2)10-8(11)5-15-6-9(12)13/h7H,3-6H2,1-2H3,(H,10,11)(H,12,13). The Hall–Kier alpha value is -0.360. The van der Waals surface area contributed by atoms with Crippen molar-refractivity contribution in [3.63, 3.8) is 0 Å². The lowest BCUT2D eigenvalue weighted by molar-refractivity contribution is -0.133. The van der Waals surface area contributed by atoms with E-state index in [0.717, 1.165) is 23.3 Å². The van der Waals surface area contributed by atoms with E-state index in [4.69, 9.17) is 5.11 Å². The second-order valence-corrected chi connectivity index (χ2v) is 5.32. The van der Waals surface area contributed by atoms with Crippen LogP contribution in [0.2, 0.25) is 0 Å². The number of hydrogen-bond donors (Lipinski definition) is 2. The van der Waals surface area contributed by atoms with Gasteiger partial charge in [-0.25, -0.2) is 0 Å². The molecule has 1 amide bonds. The summed E-state index contributed by atoms with van der Waals surface area (Å²) in [6, 6.07) is 0.146. The molecule has 4 nitrogen and oxygen atoms in total. The van der Waals surface area contributed by atoms with Crippen LogP contribution in [0.4, 0.5) is 0 Å². The van der Waals surface area contributed by atoms with E-state index in [9.17, 15) is 9.59 Å². The highest BCUT2D eigenvalue weighted by Gasteiger charge is 2.07. The number of nitrogens with one attached hydrogen (secondary N) is 1. The van der Waals surface area contributed by atoms with Gasteiger partial charge in [0, 0.05) is 11.8 Å². The molecule has 0 saturated heterocycles. The van der Waals surface area contributed by atoms with Crippen molar-refractivity contribution in [3.8, 4) is 0 Å². The number of carboxylic acids is 1. The second kappa shape index (κ2) is 8.91. The summed E-state index contributed by atoms with van der Waals surface area (Å²) in [5, 5.41) is 11.2. The largest absolute Gasteiger partial charge is 0.481 e. The highest BCUT2D eigenvalue weighted by Crippen LogP contribution is 2.02. The lowest BCUT2D eigenvalue weighted by Crippen LogP contribution is -2.35. The number of thioether (sulfide) groups is 2. The summed E-state index contributed by atoms with van der Waals surface area (Å²) in [4.78, 5) is 21.5. The molecule has 0 aromatic heterocycles. The van der Waals surface area contributed by atoms with Crippen LogP contribution >= 0.6 is 23.5 Å². The molecule has 15 heavy (non-hydrogen) atoms. The van der Waals surface area contributed by atoms with Gasteiger partial charge in [-0.15, -0.1) is 11.8 Å². The maximum absolute atomic E-state index is 11.3. The first-order valence-corrected chi connectivity index (χ1v) is 7.03. The SMILES string of the molecule is CCSCC(C)NC(=O)CSCC(=O)O. The van der Waals surface area contributed by atoms with Crippen LogP contribution in [0, 0.1) is 0 Å². The minimum Gasteiger partial charge on any atom is -0.481 e. The van der Waals surface area contributed by atoms with E-state index >= 15 is 0 Å². The van der Waals surface area contributed by atoms with Gasteiger partial charge >= 0.3 is 5.97 Å². The van der Waals surface area contributed by atoms with Crippen molar-refractivity contribution in [2.45, 2.75) is 19.9 Å². The zero-order valence-electron chi connectivity index (χ0n) is 8.99. The molecule has 1 atom stereocenters. The Bertz CT molecular complexity index is 212. The highest BCUT2D eigenvalue weighted by molar-refractivity contribution is 8.00. The summed E-state index contributed by atoms with van der Waals surface area (Å²) in [5.74, 6) is 1.14. The molecule has 6 heteroatoms. The zero-order valence-corrected chi connectivity index (χ0v) is 10.6. The molecule has 0 aromatic carbocycles. The van der Waals surface area contributed by atoms with Crippen LogP contribution in [-0.2, 0) is 9.59 Å². The fraction of sp³-hybridized carbons (Fsp3) is 0.778. The maximum atomic E-state index is 11.3. The Morgan fingerprint density at radius 2 is 2.00 bits per heavy atom. The highest BCUT2D eigenvalue weighted by atomic mass is 32.2. The second-order valence-electron chi connectivity index (χ2n) is 3.01. The number of hydrogen-bond acceptors (Lipinski definition) is 4. The molecule has 0 aliphatic heterocycles. The van der Waals surface area contributed by atoms with Crippen LogP contribution in [-0.4, -0.2) is 46.0 Å². The molecule has 0 spiro atoms. The molecule has 1 unspecified atom stereocenters. The molecule has 0 fully saturated rings. The van der Waals surface area contributed by atoms with Crippen LogP contribution in [0.3, 0.4) is 0 Å². The Balaban J connectivity index is 3.50. The summed E-state index contributed by atoms with van der Waals surface area (Å²) in [6.07, 6.45) is 0. The number of rotatable bonds is 8. The molecule has 0 aliphatic carbocycles. The van der Waals surface area contributed by atoms with E-state index in [2.05, 4.69) is 12.2 Å². The first-order valence-electron chi connectivity index (χ1n) is 4.73. The monoisotopic (exact) mass is 251 g/mol. The predicted octanol–water partition coefficient (Wildman–Crippen LogP) is 1.06. The van der Waals surface area contributed by atoms with E-state index in [-0.39, 0.29) is 23.5 Å². The summed E-state index contributed by atoms with van der Waals surface area (Å²) < 4.78 is 0. The van der Waals surface area contributed by atoms with Gasteiger partial charge in [-0.3, -0.25) is 9.59 Å². The van der Waals surface area contributed by atoms with E-state index < -0.39 is 5.97 Å². The molecule has 0 bridgehead atoms. The van der Waals surface area contributed by atoms with Crippen molar-refractivity contribution in [1.82, 2.24) is 5.32 Å². The summed E-state index contributed by atoms with van der Waals surface area (Å²) in [7, 11) is 0. The van der Waals surface area contributed by atoms with Crippen molar-refractivity contribution in [2.75, 3.05) is 23.0 Å². The van der Waals surface area contributed by atoms with Crippen LogP contribution in [0.25, 0.3) is 0 Å². The first kappa shape index (κ1) is 14.6. The Morgan fingerprint density at radius 1 is 1.33 bits per heavy atom. The minimum atomic E-state index is -0.887. The molecule has 0 radical (unpaired) electrons. The average Bonchev–Trinajstić information content (AvgIpc) is 2.14. The lowest BCUT2D eigenvalue weighted by Gasteiger charge is -2.12. The number of aliphatic carboxylic acids is 1. The van der Waals surface area contributed by atoms with Crippen molar-refractivity contribution in [1.29, 1.82) is 0 Å². The predicted molar refractivity (Wildman–Crippen MR) is 65.6 cm³/mol. The summed E-state index contributed by atoms with van der Waals surface area (Å²) in [5.41, 5.74) is 0. The fourth-order valence-corrected chi connectivity index (χ4v) is 2.10. The van der Waals surface area contributed by atoms with Gasteiger partial charge in [0.15, 0.2) is 0 Å². The molecular weight excluding hydrogens is 234 g/mol. The molecule has 88 valence electrons. The topological polar surface area (TPSA) is 66.4 Å². The van der Waals surface area contributed by atoms with Crippen molar-refractivity contribution in [3.05, 3.63) is 0 Å². The number of carboxylic acid groups (broad SMARTS) is 1. The molecular formula is C9H17NO3S2. The maximum Gasteiger partial charge on any atom is 0.313 e.